The predicted octanol–water partition coefficient (Wildman–Crippen LogP) is 2.39. The summed E-state index contributed by atoms with van der Waals surface area (Å²) in [6, 6.07) is 5.67. The van der Waals surface area contributed by atoms with E-state index in [1.165, 1.54) is 10.9 Å². The van der Waals surface area contributed by atoms with E-state index in [1.54, 1.807) is 19.1 Å². The Morgan fingerprint density at radius 3 is 2.63 bits per heavy atom. The number of hydrogen-bond donors (Lipinski definition) is 1. The fourth-order valence-corrected chi connectivity index (χ4v) is 6.67. The second-order valence-corrected chi connectivity index (χ2v) is 10.9. The van der Waals surface area contributed by atoms with Gasteiger partial charge in [0, 0.05) is 30.2 Å². The van der Waals surface area contributed by atoms with E-state index >= 15 is 0 Å². The molecule has 7 nitrogen and oxygen atoms in total. The number of sulfone groups is 1. The van der Waals surface area contributed by atoms with E-state index in [4.69, 9.17) is 4.74 Å². The van der Waals surface area contributed by atoms with Crippen LogP contribution in [0.15, 0.2) is 24.4 Å². The van der Waals surface area contributed by atoms with Crippen LogP contribution in [-0.2, 0) is 14.6 Å². The summed E-state index contributed by atoms with van der Waals surface area (Å²) in [6.07, 6.45) is 4.63. The zero-order valence-corrected chi connectivity index (χ0v) is 18.7. The lowest BCUT2D eigenvalue weighted by Gasteiger charge is -2.37. The summed E-state index contributed by atoms with van der Waals surface area (Å²) < 4.78 is 28.9. The normalized spacial score (nSPS) is 23.5. The Bertz CT molecular complexity index is 1020. The van der Waals surface area contributed by atoms with Crippen molar-refractivity contribution in [2.75, 3.05) is 38.8 Å². The molecule has 164 valence electrons. The molecule has 4 rings (SSSR count). The summed E-state index contributed by atoms with van der Waals surface area (Å²) in [5.41, 5.74) is 2.43. The van der Waals surface area contributed by atoms with Crippen LogP contribution in [0.2, 0.25) is 0 Å². The van der Waals surface area contributed by atoms with Gasteiger partial charge in [0.2, 0.25) is 5.91 Å². The van der Waals surface area contributed by atoms with Gasteiger partial charge in [-0.05, 0) is 69.0 Å². The number of fused-ring (bicyclic) bond motifs is 1. The molecule has 2 unspecified atom stereocenters. The largest absolute Gasteiger partial charge is 0.497 e. The van der Waals surface area contributed by atoms with E-state index in [9.17, 15) is 13.2 Å². The number of rotatable bonds is 5. The fourth-order valence-electron chi connectivity index (χ4n) is 4.90. The minimum absolute atomic E-state index is 0.0207. The van der Waals surface area contributed by atoms with Crippen LogP contribution >= 0.6 is 0 Å². The highest BCUT2D eigenvalue weighted by Crippen LogP contribution is 2.35. The van der Waals surface area contributed by atoms with Gasteiger partial charge in [-0.1, -0.05) is 0 Å². The van der Waals surface area contributed by atoms with Crippen molar-refractivity contribution in [3.8, 4) is 5.75 Å². The van der Waals surface area contributed by atoms with Crippen LogP contribution in [0, 0.1) is 0 Å². The minimum atomic E-state index is -3.00. The maximum atomic E-state index is 13.0. The first-order valence-corrected chi connectivity index (χ1v) is 12.5. The summed E-state index contributed by atoms with van der Waals surface area (Å²) in [5.74, 6) is 1.60. The Morgan fingerprint density at radius 1 is 1.27 bits per heavy atom. The quantitative estimate of drug-likeness (QED) is 0.783. The van der Waals surface area contributed by atoms with E-state index in [2.05, 4.69) is 22.1 Å². The van der Waals surface area contributed by atoms with Gasteiger partial charge in [0.1, 0.15) is 5.75 Å². The van der Waals surface area contributed by atoms with Gasteiger partial charge in [-0.3, -0.25) is 9.69 Å². The number of likely N-dealkylation sites (N-methyl/N-ethyl adjacent to an activating group) is 1. The lowest BCUT2D eigenvalue weighted by atomic mass is 9.88. The number of methoxy groups -OCH3 is 1. The number of nitrogens with zero attached hydrogens (tertiary/aromatic N) is 2. The third-order valence-electron chi connectivity index (χ3n) is 6.90. The second kappa shape index (κ2) is 8.23. The van der Waals surface area contributed by atoms with Crippen LogP contribution in [-0.4, -0.2) is 79.9 Å². The number of aromatic amines is 1. The Morgan fingerprint density at radius 2 is 2.00 bits per heavy atom. The van der Waals surface area contributed by atoms with Crippen molar-refractivity contribution < 1.29 is 17.9 Å². The van der Waals surface area contributed by atoms with Gasteiger partial charge in [0.15, 0.2) is 9.84 Å². The molecule has 2 aromatic rings. The maximum absolute atomic E-state index is 13.0. The average molecular weight is 434 g/mol. The highest BCUT2D eigenvalue weighted by Gasteiger charge is 2.36. The van der Waals surface area contributed by atoms with Gasteiger partial charge in [-0.2, -0.15) is 0 Å². The molecule has 2 aliphatic heterocycles. The van der Waals surface area contributed by atoms with Crippen molar-refractivity contribution in [3.05, 3.63) is 30.0 Å². The van der Waals surface area contributed by atoms with E-state index in [-0.39, 0.29) is 29.5 Å². The first kappa shape index (κ1) is 21.2. The van der Waals surface area contributed by atoms with E-state index in [0.717, 1.165) is 37.2 Å². The number of benzene rings is 1. The van der Waals surface area contributed by atoms with Gasteiger partial charge >= 0.3 is 0 Å². The molecule has 1 aromatic carbocycles. The van der Waals surface area contributed by atoms with Crippen LogP contribution < -0.4 is 4.74 Å². The molecule has 1 aromatic heterocycles. The third kappa shape index (κ3) is 4.07. The molecule has 0 radical (unpaired) electrons. The third-order valence-corrected chi connectivity index (χ3v) is 8.65. The van der Waals surface area contributed by atoms with Gasteiger partial charge < -0.3 is 14.6 Å². The molecular formula is C22H31N3O4S. The van der Waals surface area contributed by atoms with E-state index in [1.807, 2.05) is 19.1 Å². The number of likely N-dealkylation sites (tertiary alicyclic amines) is 1. The molecule has 30 heavy (non-hydrogen) atoms. The summed E-state index contributed by atoms with van der Waals surface area (Å²) in [5, 5.41) is 1.21. The van der Waals surface area contributed by atoms with Crippen molar-refractivity contribution >= 4 is 26.6 Å². The van der Waals surface area contributed by atoms with Gasteiger partial charge in [0.05, 0.1) is 24.7 Å². The van der Waals surface area contributed by atoms with Crippen molar-refractivity contribution in [2.45, 2.75) is 44.2 Å². The van der Waals surface area contributed by atoms with E-state index < -0.39 is 9.84 Å². The van der Waals surface area contributed by atoms with Crippen molar-refractivity contribution in [1.82, 2.24) is 14.8 Å². The lowest BCUT2D eigenvalue weighted by Crippen LogP contribution is -2.51. The molecule has 2 atom stereocenters. The fraction of sp³-hybridized carbons (Fsp3) is 0.591. The molecule has 0 bridgehead atoms. The summed E-state index contributed by atoms with van der Waals surface area (Å²) in [4.78, 5) is 20.2. The molecule has 2 aliphatic rings. The van der Waals surface area contributed by atoms with Crippen LogP contribution in [0.1, 0.15) is 37.7 Å². The molecular weight excluding hydrogens is 402 g/mol. The number of piperidine rings is 1. The van der Waals surface area contributed by atoms with Crippen LogP contribution in [0.4, 0.5) is 0 Å². The molecule has 3 heterocycles. The van der Waals surface area contributed by atoms with Crippen molar-refractivity contribution in [1.29, 1.82) is 0 Å². The molecule has 8 heteroatoms. The summed E-state index contributed by atoms with van der Waals surface area (Å²) in [7, 11) is 0.430. The van der Waals surface area contributed by atoms with Crippen molar-refractivity contribution in [3.63, 3.8) is 0 Å². The summed E-state index contributed by atoms with van der Waals surface area (Å²) >= 11 is 0. The number of aromatic nitrogens is 1. The zero-order valence-electron chi connectivity index (χ0n) is 17.9. The topological polar surface area (TPSA) is 82.7 Å². The van der Waals surface area contributed by atoms with Gasteiger partial charge in [-0.15, -0.1) is 0 Å². The van der Waals surface area contributed by atoms with Crippen LogP contribution in [0.25, 0.3) is 10.9 Å². The Balaban J connectivity index is 1.39. The number of H-pyrrole nitrogens is 1. The number of ether oxygens (including phenoxy) is 1. The molecule has 0 spiro atoms. The van der Waals surface area contributed by atoms with Crippen molar-refractivity contribution in [2.24, 2.45) is 0 Å². The molecule has 2 saturated heterocycles. The molecule has 1 N–H and O–H groups in total. The second-order valence-electron chi connectivity index (χ2n) is 8.65. The first-order valence-electron chi connectivity index (χ1n) is 10.6. The molecule has 0 saturated carbocycles. The maximum Gasteiger partial charge on any atom is 0.239 e. The van der Waals surface area contributed by atoms with Gasteiger partial charge in [-0.25, -0.2) is 8.42 Å². The Labute approximate surface area is 178 Å². The number of hydrogen-bond acceptors (Lipinski definition) is 5. The number of amides is 1. The minimum Gasteiger partial charge on any atom is -0.497 e. The zero-order chi connectivity index (χ0) is 21.5. The SMILES string of the molecule is COc1ccc2[nH]cc(C3CCN(C(C)C(=O)N(C)C4CCS(=O)(=O)C4)CC3)c2c1. The lowest BCUT2D eigenvalue weighted by molar-refractivity contribution is -0.137. The van der Waals surface area contributed by atoms with E-state index in [0.29, 0.717) is 12.3 Å². The smallest absolute Gasteiger partial charge is 0.239 e. The number of nitrogens with one attached hydrogen (secondary N) is 1. The Kier molecular flexibility index (Phi) is 5.81. The van der Waals surface area contributed by atoms with Crippen LogP contribution in [0.3, 0.4) is 0 Å². The first-order chi connectivity index (χ1) is 14.3. The summed E-state index contributed by atoms with van der Waals surface area (Å²) in [6.45, 7) is 3.65. The molecule has 2 fully saturated rings. The number of carbonyl (C=O) groups excluding carboxylic acids is 1. The Hall–Kier alpha value is -2.06. The molecule has 1 amide bonds. The predicted molar refractivity (Wildman–Crippen MR) is 118 cm³/mol. The molecule has 0 aliphatic carbocycles. The highest BCUT2D eigenvalue weighted by atomic mass is 32.2. The average Bonchev–Trinajstić information content (AvgIpc) is 3.34. The standard InChI is InChI=1S/C22H31N3O4S/c1-15(22(26)24(2)17-8-11-30(27,28)14-17)25-9-6-16(7-10-25)20-13-23-21-5-4-18(29-3)12-19(20)21/h4-5,12-13,15-17,23H,6-11,14H2,1-3H3. The monoisotopic (exact) mass is 433 g/mol. The van der Waals surface area contributed by atoms with Crippen LogP contribution in [0.5, 0.6) is 5.75 Å². The highest BCUT2D eigenvalue weighted by molar-refractivity contribution is 7.91. The number of carbonyl (C=O) groups is 1. The van der Waals surface area contributed by atoms with Gasteiger partial charge in [0.25, 0.3) is 0 Å².